The van der Waals surface area contributed by atoms with Crippen LogP contribution in [0, 0.1) is 5.92 Å². The van der Waals surface area contributed by atoms with Gasteiger partial charge in [0.25, 0.3) is 0 Å². The first-order valence-corrected chi connectivity index (χ1v) is 8.83. The maximum absolute atomic E-state index is 12.2. The maximum Gasteiger partial charge on any atom is 0.226 e. The molecule has 0 spiro atoms. The topological polar surface area (TPSA) is 82.8 Å². The lowest BCUT2D eigenvalue weighted by atomic mass is 9.96. The van der Waals surface area contributed by atoms with Gasteiger partial charge in [-0.05, 0) is 37.4 Å². The third-order valence-electron chi connectivity index (χ3n) is 4.22. The van der Waals surface area contributed by atoms with Gasteiger partial charge in [-0.25, -0.2) is 0 Å². The normalized spacial score (nSPS) is 16.2. The Kier molecular flexibility index (Phi) is 5.32. The Hall–Kier alpha value is -2.12. The zero-order valence-electron chi connectivity index (χ0n) is 13.2. The number of nitrogens with one attached hydrogen (secondary N) is 1. The summed E-state index contributed by atoms with van der Waals surface area (Å²) in [6.45, 7) is 2.66. The summed E-state index contributed by atoms with van der Waals surface area (Å²) < 4.78 is 5.23. The average molecular weight is 348 g/mol. The number of aromatic hydroxyl groups is 1. The summed E-state index contributed by atoms with van der Waals surface area (Å²) in [6, 6.07) is 5.31. The number of amides is 1. The van der Waals surface area contributed by atoms with Crippen LogP contribution in [0.3, 0.4) is 0 Å². The maximum atomic E-state index is 12.2. The van der Waals surface area contributed by atoms with Crippen molar-refractivity contribution in [3.8, 4) is 5.75 Å². The van der Waals surface area contributed by atoms with E-state index in [2.05, 4.69) is 10.2 Å². The predicted molar refractivity (Wildman–Crippen MR) is 90.8 cm³/mol. The number of hydrogen-bond donors (Lipinski definition) is 2. The summed E-state index contributed by atoms with van der Waals surface area (Å²) in [6.07, 6.45) is 2.65. The Morgan fingerprint density at radius 3 is 2.88 bits per heavy atom. The molecule has 0 bridgehead atoms. The second kappa shape index (κ2) is 7.63. The molecule has 0 radical (unpaired) electrons. The van der Waals surface area contributed by atoms with E-state index >= 15 is 0 Å². The van der Waals surface area contributed by atoms with E-state index in [1.807, 2.05) is 17.5 Å². The highest BCUT2D eigenvalue weighted by molar-refractivity contribution is 7.09. The molecule has 0 aliphatic carbocycles. The van der Waals surface area contributed by atoms with Gasteiger partial charge in [0.2, 0.25) is 11.3 Å². The van der Waals surface area contributed by atoms with Crippen molar-refractivity contribution in [2.75, 3.05) is 13.1 Å². The van der Waals surface area contributed by atoms with Gasteiger partial charge in [0.1, 0.15) is 12.0 Å². The highest BCUT2D eigenvalue weighted by Crippen LogP contribution is 2.20. The standard InChI is InChI=1S/C17H20N2O4S/c20-15-8-13(23-11-16(15)21)10-19-5-3-12(4-6-19)17(22)18-9-14-2-1-7-24-14/h1-2,7-8,11-12,21H,3-6,9-10H2,(H,18,22). The van der Waals surface area contributed by atoms with Crippen molar-refractivity contribution < 1.29 is 14.3 Å². The number of hydrogen-bond acceptors (Lipinski definition) is 6. The number of nitrogens with zero attached hydrogens (tertiary/aromatic N) is 1. The van der Waals surface area contributed by atoms with Crippen molar-refractivity contribution in [2.24, 2.45) is 5.92 Å². The SMILES string of the molecule is O=C(NCc1cccs1)C1CCN(Cc2cc(=O)c(O)co2)CC1. The van der Waals surface area contributed by atoms with Crippen LogP contribution in [0.15, 0.2) is 39.1 Å². The van der Waals surface area contributed by atoms with Gasteiger partial charge >= 0.3 is 0 Å². The molecule has 0 unspecified atom stereocenters. The Morgan fingerprint density at radius 1 is 1.42 bits per heavy atom. The quantitative estimate of drug-likeness (QED) is 0.863. The second-order valence-electron chi connectivity index (χ2n) is 5.94. The molecule has 1 aliphatic heterocycles. The van der Waals surface area contributed by atoms with E-state index in [1.165, 1.54) is 6.07 Å². The van der Waals surface area contributed by atoms with Gasteiger partial charge in [0.15, 0.2) is 5.75 Å². The average Bonchev–Trinajstić information content (AvgIpc) is 3.10. The molecule has 1 aliphatic rings. The van der Waals surface area contributed by atoms with Gasteiger partial charge in [-0.2, -0.15) is 0 Å². The fraction of sp³-hybridized carbons (Fsp3) is 0.412. The van der Waals surface area contributed by atoms with Gasteiger partial charge in [0, 0.05) is 16.9 Å². The largest absolute Gasteiger partial charge is 0.502 e. The molecular formula is C17H20N2O4S. The number of carbonyl (C=O) groups is 1. The van der Waals surface area contributed by atoms with Crippen LogP contribution >= 0.6 is 11.3 Å². The van der Waals surface area contributed by atoms with Crippen molar-refractivity contribution in [1.29, 1.82) is 0 Å². The summed E-state index contributed by atoms with van der Waals surface area (Å²) in [4.78, 5) is 26.9. The molecule has 0 atom stereocenters. The fourth-order valence-electron chi connectivity index (χ4n) is 2.83. The molecule has 24 heavy (non-hydrogen) atoms. The van der Waals surface area contributed by atoms with E-state index in [1.54, 1.807) is 11.3 Å². The molecule has 0 saturated carbocycles. The molecular weight excluding hydrogens is 328 g/mol. The molecule has 0 aromatic carbocycles. The number of thiophene rings is 1. The number of rotatable bonds is 5. The van der Waals surface area contributed by atoms with Gasteiger partial charge < -0.3 is 14.8 Å². The van der Waals surface area contributed by atoms with Crippen molar-refractivity contribution in [2.45, 2.75) is 25.9 Å². The van der Waals surface area contributed by atoms with Crippen LogP contribution in [0.25, 0.3) is 0 Å². The van der Waals surface area contributed by atoms with E-state index in [4.69, 9.17) is 4.42 Å². The summed E-state index contributed by atoms with van der Waals surface area (Å²) in [5.74, 6) is 0.297. The Labute approximate surface area is 143 Å². The van der Waals surface area contributed by atoms with Crippen LogP contribution in [-0.4, -0.2) is 29.0 Å². The van der Waals surface area contributed by atoms with E-state index < -0.39 is 5.43 Å². The molecule has 3 rings (SSSR count). The van der Waals surface area contributed by atoms with Crippen LogP contribution < -0.4 is 10.7 Å². The predicted octanol–water partition coefficient (Wildman–Crippen LogP) is 1.94. The third-order valence-corrected chi connectivity index (χ3v) is 5.10. The molecule has 6 nitrogen and oxygen atoms in total. The lowest BCUT2D eigenvalue weighted by Crippen LogP contribution is -2.40. The van der Waals surface area contributed by atoms with E-state index in [0.717, 1.165) is 37.1 Å². The summed E-state index contributed by atoms with van der Waals surface area (Å²) in [5, 5.41) is 14.2. The first-order valence-electron chi connectivity index (χ1n) is 7.95. The van der Waals surface area contributed by atoms with Crippen LogP contribution in [0.1, 0.15) is 23.5 Å². The molecule has 1 fully saturated rings. The van der Waals surface area contributed by atoms with Gasteiger partial charge in [-0.3, -0.25) is 14.5 Å². The third kappa shape index (κ3) is 4.24. The van der Waals surface area contributed by atoms with E-state index in [0.29, 0.717) is 18.8 Å². The fourth-order valence-corrected chi connectivity index (χ4v) is 3.48. The smallest absolute Gasteiger partial charge is 0.226 e. The first-order chi connectivity index (χ1) is 11.6. The van der Waals surface area contributed by atoms with E-state index in [-0.39, 0.29) is 17.6 Å². The summed E-state index contributed by atoms with van der Waals surface area (Å²) >= 11 is 1.64. The van der Waals surface area contributed by atoms with Crippen molar-refractivity contribution in [3.05, 3.63) is 50.7 Å². The summed E-state index contributed by atoms with van der Waals surface area (Å²) in [7, 11) is 0. The molecule has 1 saturated heterocycles. The molecule has 7 heteroatoms. The monoisotopic (exact) mass is 348 g/mol. The van der Waals surface area contributed by atoms with Crippen LogP contribution in [-0.2, 0) is 17.9 Å². The Balaban J connectivity index is 1.45. The van der Waals surface area contributed by atoms with Gasteiger partial charge in [-0.15, -0.1) is 11.3 Å². The van der Waals surface area contributed by atoms with Gasteiger partial charge in [-0.1, -0.05) is 6.07 Å². The molecule has 2 aromatic heterocycles. The minimum atomic E-state index is -0.431. The Bertz CT molecular complexity index is 733. The molecule has 3 heterocycles. The highest BCUT2D eigenvalue weighted by atomic mass is 32.1. The van der Waals surface area contributed by atoms with Gasteiger partial charge in [0.05, 0.1) is 13.1 Å². The van der Waals surface area contributed by atoms with E-state index in [9.17, 15) is 14.7 Å². The zero-order valence-corrected chi connectivity index (χ0v) is 14.1. The first kappa shape index (κ1) is 16.7. The van der Waals surface area contributed by atoms with Crippen molar-refractivity contribution >= 4 is 17.2 Å². The molecule has 128 valence electrons. The summed E-state index contributed by atoms with van der Waals surface area (Å²) in [5.41, 5.74) is -0.431. The van der Waals surface area contributed by atoms with Crippen LogP contribution in [0.5, 0.6) is 5.75 Å². The number of carbonyl (C=O) groups excluding carboxylic acids is 1. The van der Waals surface area contributed by atoms with Crippen LogP contribution in [0.4, 0.5) is 0 Å². The number of piperidine rings is 1. The number of likely N-dealkylation sites (tertiary alicyclic amines) is 1. The molecule has 1 amide bonds. The lowest BCUT2D eigenvalue weighted by Gasteiger charge is -2.30. The van der Waals surface area contributed by atoms with Crippen molar-refractivity contribution in [1.82, 2.24) is 10.2 Å². The molecule has 2 N–H and O–H groups in total. The lowest BCUT2D eigenvalue weighted by molar-refractivity contribution is -0.126. The zero-order chi connectivity index (χ0) is 16.9. The highest BCUT2D eigenvalue weighted by Gasteiger charge is 2.25. The van der Waals surface area contributed by atoms with Crippen LogP contribution in [0.2, 0.25) is 0 Å². The molecule has 2 aromatic rings. The van der Waals surface area contributed by atoms with Crippen molar-refractivity contribution in [3.63, 3.8) is 0 Å². The minimum Gasteiger partial charge on any atom is -0.502 e. The minimum absolute atomic E-state index is 0.0352. The Morgan fingerprint density at radius 2 is 2.21 bits per heavy atom. The second-order valence-corrected chi connectivity index (χ2v) is 6.98.